The summed E-state index contributed by atoms with van der Waals surface area (Å²) < 4.78 is 13.5. The molecule has 0 spiro atoms. The molecule has 0 saturated heterocycles. The predicted octanol–water partition coefficient (Wildman–Crippen LogP) is 32.6. The van der Waals surface area contributed by atoms with Crippen molar-refractivity contribution in [3.63, 3.8) is 0 Å². The molecule has 0 saturated carbocycles. The molecule has 2 unspecified atom stereocenters. The van der Waals surface area contributed by atoms with Gasteiger partial charge in [0.2, 0.25) is 0 Å². The Morgan fingerprint density at radius 3 is 0.430 bits per heavy atom. The molecule has 0 bridgehead atoms. The van der Waals surface area contributed by atoms with Crippen molar-refractivity contribution in [2.75, 3.05) is 26.3 Å². The average Bonchev–Trinajstić information content (AvgIpc) is 3.63. The van der Waals surface area contributed by atoms with Gasteiger partial charge in [0.1, 0.15) is 0 Å². The van der Waals surface area contributed by atoms with Crippen molar-refractivity contribution in [1.29, 1.82) is 0 Å². The summed E-state index contributed by atoms with van der Waals surface area (Å²) in [6, 6.07) is 0. The Kier molecular flexibility index (Phi) is 87.9. The molecule has 560 valence electrons. The number of rotatable bonds is 88. The minimum absolute atomic E-state index is 0.421. The monoisotopic (exact) mass is 1310 g/mol. The zero-order valence-electron chi connectivity index (χ0n) is 65.9. The molecule has 1 N–H and O–H groups in total. The summed E-state index contributed by atoms with van der Waals surface area (Å²) in [4.78, 5) is 0. The highest BCUT2D eigenvalue weighted by molar-refractivity contribution is 4.67. The van der Waals surface area contributed by atoms with Gasteiger partial charge in [-0.05, 0) is 51.6 Å². The van der Waals surface area contributed by atoms with Gasteiger partial charge in [-0.15, -0.1) is 0 Å². The molecule has 0 aliphatic heterocycles. The standard InChI is InChI=1S/C90H183NO2/c1-5-9-13-17-21-25-29-33-37-41-45-47-51-55-59-63-67-71-75-79-87-92-89(81-77-73-69-65-61-57-53-49-43-39-35-31-27-23-19-15-11-7-3)83-85-91-86-84-90(82-78-74-70-66-62-58-54-50-44-40-36-32-28-24-20-16-12-8-4)93-88-80-76-72-68-64-60-56-52-48-46-42-38-34-30-26-22-18-14-10-6-2/h89-91H,5-88H2,1-4H3. The van der Waals surface area contributed by atoms with Crippen LogP contribution in [0.15, 0.2) is 0 Å². The summed E-state index contributed by atoms with van der Waals surface area (Å²) in [6.45, 7) is 13.4. The Balaban J connectivity index is 4.76. The smallest absolute Gasteiger partial charge is 0.0587 e. The molecule has 0 aromatic rings. The topological polar surface area (TPSA) is 30.5 Å². The fourth-order valence-corrected chi connectivity index (χ4v) is 15.0. The first-order valence-corrected chi connectivity index (χ1v) is 45.2. The van der Waals surface area contributed by atoms with Crippen LogP contribution < -0.4 is 5.32 Å². The summed E-state index contributed by atoms with van der Waals surface area (Å²) in [6.07, 6.45) is 115. The first kappa shape index (κ1) is 92.9. The molecule has 0 rings (SSSR count). The first-order chi connectivity index (χ1) is 46.3. The van der Waals surface area contributed by atoms with Gasteiger partial charge in [-0.25, -0.2) is 0 Å². The number of hydrogen-bond acceptors (Lipinski definition) is 3. The summed E-state index contributed by atoms with van der Waals surface area (Å²) in [5.41, 5.74) is 0. The van der Waals surface area contributed by atoms with Crippen molar-refractivity contribution in [2.45, 2.75) is 554 Å². The lowest BCUT2D eigenvalue weighted by Gasteiger charge is -2.20. The van der Waals surface area contributed by atoms with E-state index < -0.39 is 0 Å². The molecule has 2 atom stereocenters. The second-order valence-corrected chi connectivity index (χ2v) is 31.3. The zero-order valence-corrected chi connectivity index (χ0v) is 65.9. The van der Waals surface area contributed by atoms with Crippen LogP contribution in [0.25, 0.3) is 0 Å². The summed E-state index contributed by atoms with van der Waals surface area (Å²) in [7, 11) is 0. The SMILES string of the molecule is CCCCCCCCCCCCCCCCCCCCCCOC(CCCCCCCCCCCCCCCCCCCC)CCNCCC(CCCCCCCCCCCCCCCCCCCC)OCCCCCCCCCCCCCCCCCCCCCC. The first-order valence-electron chi connectivity index (χ1n) is 45.2. The van der Waals surface area contributed by atoms with E-state index >= 15 is 0 Å². The van der Waals surface area contributed by atoms with Crippen LogP contribution in [-0.4, -0.2) is 38.5 Å². The Hall–Kier alpha value is -0.120. The minimum Gasteiger partial charge on any atom is -0.378 e. The maximum atomic E-state index is 6.77. The van der Waals surface area contributed by atoms with Crippen LogP contribution in [0.2, 0.25) is 0 Å². The summed E-state index contributed by atoms with van der Waals surface area (Å²) >= 11 is 0. The lowest BCUT2D eigenvalue weighted by Crippen LogP contribution is -2.27. The van der Waals surface area contributed by atoms with E-state index in [2.05, 4.69) is 33.0 Å². The highest BCUT2D eigenvalue weighted by Crippen LogP contribution is 2.22. The lowest BCUT2D eigenvalue weighted by atomic mass is 10.0. The quantitative estimate of drug-likeness (QED) is 0.0616. The van der Waals surface area contributed by atoms with E-state index in [1.807, 2.05) is 0 Å². The third kappa shape index (κ3) is 84.2. The number of ether oxygens (including phenoxy) is 2. The highest BCUT2D eigenvalue weighted by atomic mass is 16.5. The van der Waals surface area contributed by atoms with Crippen molar-refractivity contribution in [3.05, 3.63) is 0 Å². The normalized spacial score (nSPS) is 12.5. The Labute approximate surface area is 591 Å². The van der Waals surface area contributed by atoms with Gasteiger partial charge in [0.25, 0.3) is 0 Å². The van der Waals surface area contributed by atoms with Crippen LogP contribution >= 0.6 is 0 Å². The van der Waals surface area contributed by atoms with E-state index in [0.717, 1.165) is 26.3 Å². The molecule has 0 aromatic heterocycles. The zero-order chi connectivity index (χ0) is 66.7. The lowest BCUT2D eigenvalue weighted by molar-refractivity contribution is 0.0333. The van der Waals surface area contributed by atoms with Gasteiger partial charge < -0.3 is 14.8 Å². The third-order valence-electron chi connectivity index (χ3n) is 21.7. The minimum atomic E-state index is 0.421. The summed E-state index contributed by atoms with van der Waals surface area (Å²) in [5, 5.41) is 3.94. The predicted molar refractivity (Wildman–Crippen MR) is 424 cm³/mol. The molecule has 0 aromatic carbocycles. The Bertz CT molecular complexity index is 1150. The largest absolute Gasteiger partial charge is 0.378 e. The van der Waals surface area contributed by atoms with Crippen LogP contribution in [-0.2, 0) is 9.47 Å². The van der Waals surface area contributed by atoms with Crippen molar-refractivity contribution in [2.24, 2.45) is 0 Å². The van der Waals surface area contributed by atoms with Crippen molar-refractivity contribution < 1.29 is 9.47 Å². The van der Waals surface area contributed by atoms with Crippen LogP contribution in [0.4, 0.5) is 0 Å². The number of unbranched alkanes of at least 4 members (excludes halogenated alkanes) is 72. The fraction of sp³-hybridized carbons (Fsp3) is 1.00. The van der Waals surface area contributed by atoms with Gasteiger partial charge in [-0.2, -0.15) is 0 Å². The third-order valence-corrected chi connectivity index (χ3v) is 21.7. The molecule has 0 aliphatic carbocycles. The highest BCUT2D eigenvalue weighted by Gasteiger charge is 2.13. The number of hydrogen-bond donors (Lipinski definition) is 1. The van der Waals surface area contributed by atoms with Crippen LogP contribution in [0, 0.1) is 0 Å². The van der Waals surface area contributed by atoms with E-state index in [9.17, 15) is 0 Å². The van der Waals surface area contributed by atoms with E-state index in [-0.39, 0.29) is 0 Å². The second kappa shape index (κ2) is 88.0. The maximum Gasteiger partial charge on any atom is 0.0587 e. The van der Waals surface area contributed by atoms with Gasteiger partial charge in [0, 0.05) is 13.2 Å². The molecule has 0 radical (unpaired) electrons. The molecule has 0 aliphatic rings. The van der Waals surface area contributed by atoms with E-state index in [4.69, 9.17) is 9.47 Å². The molecule has 0 amide bonds. The molecular formula is C90H183NO2. The molecule has 93 heavy (non-hydrogen) atoms. The van der Waals surface area contributed by atoms with Crippen LogP contribution in [0.5, 0.6) is 0 Å². The fourth-order valence-electron chi connectivity index (χ4n) is 15.0. The van der Waals surface area contributed by atoms with Crippen molar-refractivity contribution in [1.82, 2.24) is 5.32 Å². The molecule has 0 fully saturated rings. The van der Waals surface area contributed by atoms with E-state index in [1.54, 1.807) is 0 Å². The van der Waals surface area contributed by atoms with E-state index in [0.29, 0.717) is 12.2 Å². The number of nitrogens with one attached hydrogen (secondary N) is 1. The van der Waals surface area contributed by atoms with Crippen molar-refractivity contribution >= 4 is 0 Å². The van der Waals surface area contributed by atoms with Gasteiger partial charge in [-0.3, -0.25) is 0 Å². The Morgan fingerprint density at radius 1 is 0.151 bits per heavy atom. The van der Waals surface area contributed by atoms with Gasteiger partial charge in [0.05, 0.1) is 12.2 Å². The molecule has 3 nitrogen and oxygen atoms in total. The molecular weight excluding hydrogens is 1130 g/mol. The van der Waals surface area contributed by atoms with Gasteiger partial charge >= 0.3 is 0 Å². The van der Waals surface area contributed by atoms with Crippen LogP contribution in [0.3, 0.4) is 0 Å². The van der Waals surface area contributed by atoms with Crippen molar-refractivity contribution in [3.8, 4) is 0 Å². The Morgan fingerprint density at radius 2 is 0.280 bits per heavy atom. The van der Waals surface area contributed by atoms with E-state index in [1.165, 1.54) is 514 Å². The van der Waals surface area contributed by atoms with Crippen LogP contribution in [0.1, 0.15) is 541 Å². The maximum absolute atomic E-state index is 6.77. The summed E-state index contributed by atoms with van der Waals surface area (Å²) in [5.74, 6) is 0. The average molecular weight is 1310 g/mol. The second-order valence-electron chi connectivity index (χ2n) is 31.3. The van der Waals surface area contributed by atoms with Gasteiger partial charge in [0.15, 0.2) is 0 Å². The van der Waals surface area contributed by atoms with Gasteiger partial charge in [-0.1, -0.05) is 503 Å². The molecule has 3 heteroatoms. The molecule has 0 heterocycles.